The first-order chi connectivity index (χ1) is 9.68. The molecule has 0 aromatic rings. The van der Waals surface area contributed by atoms with Gasteiger partial charge in [0.15, 0.2) is 0 Å². The third kappa shape index (κ3) is 7.65. The van der Waals surface area contributed by atoms with Gasteiger partial charge in [-0.1, -0.05) is 20.8 Å². The van der Waals surface area contributed by atoms with Crippen molar-refractivity contribution in [2.75, 3.05) is 6.61 Å². The van der Waals surface area contributed by atoms with Gasteiger partial charge in [0, 0.05) is 0 Å². The maximum Gasteiger partial charge on any atom is 0.326 e. The van der Waals surface area contributed by atoms with E-state index in [1.165, 1.54) is 6.92 Å². The number of carboxylic acids is 1. The molecule has 0 aliphatic heterocycles. The Kier molecular flexibility index (Phi) is 8.61. The van der Waals surface area contributed by atoms with Crippen molar-refractivity contribution in [1.29, 1.82) is 0 Å². The van der Waals surface area contributed by atoms with Gasteiger partial charge >= 0.3 is 11.9 Å². The fraction of sp³-hybridized carbons (Fsp3) is 0.786. The zero-order chi connectivity index (χ0) is 16.6. The fourth-order valence-electron chi connectivity index (χ4n) is 1.85. The van der Waals surface area contributed by atoms with Gasteiger partial charge in [-0.25, -0.2) is 4.79 Å². The van der Waals surface area contributed by atoms with Gasteiger partial charge in [-0.05, 0) is 25.2 Å². The molecule has 0 aromatic heterocycles. The summed E-state index contributed by atoms with van der Waals surface area (Å²) < 4.78 is 4.75. The smallest absolute Gasteiger partial charge is 0.326 e. The van der Waals surface area contributed by atoms with E-state index in [-0.39, 0.29) is 25.4 Å². The molecule has 0 spiro atoms. The molecule has 7 heteroatoms. The van der Waals surface area contributed by atoms with Crippen molar-refractivity contribution in [1.82, 2.24) is 5.32 Å². The Bertz CT molecular complexity index is 368. The number of aliphatic hydroxyl groups excluding tert-OH is 1. The average molecular weight is 303 g/mol. The quantitative estimate of drug-likeness (QED) is 0.536. The Morgan fingerprint density at radius 3 is 2.19 bits per heavy atom. The number of amides is 1. The lowest BCUT2D eigenvalue weighted by Gasteiger charge is -2.22. The summed E-state index contributed by atoms with van der Waals surface area (Å²) in [4.78, 5) is 34.3. The molecule has 3 N–H and O–H groups in total. The maximum absolute atomic E-state index is 11.8. The van der Waals surface area contributed by atoms with Gasteiger partial charge in [0.1, 0.15) is 12.1 Å². The second-order valence-electron chi connectivity index (χ2n) is 5.46. The molecular formula is C14H25NO6. The summed E-state index contributed by atoms with van der Waals surface area (Å²) in [7, 11) is 0. The first-order valence-corrected chi connectivity index (χ1v) is 7.05. The molecule has 0 bridgehead atoms. The minimum absolute atomic E-state index is 0.103. The number of carboxylic acid groups (broad SMARTS) is 1. The fourth-order valence-corrected chi connectivity index (χ4v) is 1.85. The van der Waals surface area contributed by atoms with E-state index in [1.54, 1.807) is 6.92 Å². The number of rotatable bonds is 9. The molecule has 0 aliphatic carbocycles. The Balaban J connectivity index is 4.65. The first-order valence-electron chi connectivity index (χ1n) is 7.05. The van der Waals surface area contributed by atoms with Crippen molar-refractivity contribution in [2.45, 2.75) is 52.7 Å². The summed E-state index contributed by atoms with van der Waals surface area (Å²) in [6.45, 7) is 7.08. The molecule has 7 nitrogen and oxygen atoms in total. The number of hydrogen-bond acceptors (Lipinski definition) is 5. The largest absolute Gasteiger partial charge is 0.480 e. The van der Waals surface area contributed by atoms with Gasteiger partial charge in [0.2, 0.25) is 5.91 Å². The topological polar surface area (TPSA) is 113 Å². The molecule has 3 atom stereocenters. The second-order valence-corrected chi connectivity index (χ2v) is 5.46. The van der Waals surface area contributed by atoms with Crippen molar-refractivity contribution in [2.24, 2.45) is 11.8 Å². The SMILES string of the molecule is CCOC(=O)C[C@H](C)[C@H](NC(=O)[C@@H](O)CC(C)C)C(=O)O. The molecule has 0 fully saturated rings. The summed E-state index contributed by atoms with van der Waals surface area (Å²) in [6, 6.07) is -1.25. The molecule has 0 saturated heterocycles. The molecule has 0 heterocycles. The van der Waals surface area contributed by atoms with Gasteiger partial charge in [0.05, 0.1) is 13.0 Å². The molecule has 0 radical (unpaired) electrons. The minimum atomic E-state index is -1.26. The monoisotopic (exact) mass is 303 g/mol. The van der Waals surface area contributed by atoms with Crippen molar-refractivity contribution >= 4 is 17.8 Å². The maximum atomic E-state index is 11.8. The summed E-state index contributed by atoms with van der Waals surface area (Å²) in [5.41, 5.74) is 0. The Morgan fingerprint density at radius 1 is 1.19 bits per heavy atom. The van der Waals surface area contributed by atoms with Gasteiger partial charge in [0.25, 0.3) is 0 Å². The molecule has 122 valence electrons. The van der Waals surface area contributed by atoms with Gasteiger partial charge in [-0.3, -0.25) is 9.59 Å². The minimum Gasteiger partial charge on any atom is -0.480 e. The van der Waals surface area contributed by atoms with E-state index in [2.05, 4.69) is 5.32 Å². The summed E-state index contributed by atoms with van der Waals surface area (Å²) >= 11 is 0. The highest BCUT2D eigenvalue weighted by Gasteiger charge is 2.30. The van der Waals surface area contributed by atoms with Crippen LogP contribution in [0.15, 0.2) is 0 Å². The Morgan fingerprint density at radius 2 is 1.76 bits per heavy atom. The molecule has 0 saturated carbocycles. The lowest BCUT2D eigenvalue weighted by atomic mass is 9.97. The third-order valence-corrected chi connectivity index (χ3v) is 2.92. The van der Waals surface area contributed by atoms with Crippen LogP contribution < -0.4 is 5.32 Å². The van der Waals surface area contributed by atoms with E-state index in [1.807, 2.05) is 13.8 Å². The highest BCUT2D eigenvalue weighted by Crippen LogP contribution is 2.12. The number of aliphatic carboxylic acids is 1. The number of carbonyl (C=O) groups is 3. The Hall–Kier alpha value is -1.63. The van der Waals surface area contributed by atoms with Crippen molar-refractivity contribution in [3.63, 3.8) is 0 Å². The molecule has 0 rings (SSSR count). The molecule has 21 heavy (non-hydrogen) atoms. The molecular weight excluding hydrogens is 278 g/mol. The highest BCUT2D eigenvalue weighted by molar-refractivity contribution is 5.86. The predicted molar refractivity (Wildman–Crippen MR) is 75.4 cm³/mol. The number of esters is 1. The standard InChI is InChI=1S/C14H25NO6/c1-5-21-11(17)7-9(4)12(14(19)20)15-13(18)10(16)6-8(2)3/h8-10,12,16H,5-7H2,1-4H3,(H,15,18)(H,19,20)/t9-,10-,12-/m0/s1. The van der Waals surface area contributed by atoms with Crippen LogP contribution in [0.2, 0.25) is 0 Å². The van der Waals surface area contributed by atoms with Crippen molar-refractivity contribution < 1.29 is 29.3 Å². The summed E-state index contributed by atoms with van der Waals surface area (Å²) in [5, 5.41) is 21.1. The lowest BCUT2D eigenvalue weighted by molar-refractivity contribution is -0.148. The van der Waals surface area contributed by atoms with Gasteiger partial charge < -0.3 is 20.3 Å². The molecule has 1 amide bonds. The van der Waals surface area contributed by atoms with Gasteiger partial charge in [-0.2, -0.15) is 0 Å². The van der Waals surface area contributed by atoms with E-state index < -0.39 is 35.9 Å². The lowest BCUT2D eigenvalue weighted by Crippen LogP contribution is -2.49. The molecule has 0 aliphatic rings. The van der Waals surface area contributed by atoms with Crippen LogP contribution in [0.3, 0.4) is 0 Å². The van der Waals surface area contributed by atoms with E-state index in [0.717, 1.165) is 0 Å². The zero-order valence-corrected chi connectivity index (χ0v) is 13.0. The predicted octanol–water partition coefficient (Wildman–Crippen LogP) is 0.552. The van der Waals surface area contributed by atoms with Crippen LogP contribution in [0, 0.1) is 11.8 Å². The number of nitrogens with one attached hydrogen (secondary N) is 1. The van der Waals surface area contributed by atoms with Crippen LogP contribution in [0.25, 0.3) is 0 Å². The van der Waals surface area contributed by atoms with Crippen LogP contribution in [0.1, 0.15) is 40.5 Å². The normalized spacial score (nSPS) is 15.1. The van der Waals surface area contributed by atoms with Crippen LogP contribution in [0.4, 0.5) is 0 Å². The van der Waals surface area contributed by atoms with E-state index >= 15 is 0 Å². The van der Waals surface area contributed by atoms with E-state index in [0.29, 0.717) is 0 Å². The van der Waals surface area contributed by atoms with Crippen molar-refractivity contribution in [3.05, 3.63) is 0 Å². The molecule has 0 unspecified atom stereocenters. The van der Waals surface area contributed by atoms with Crippen LogP contribution in [-0.2, 0) is 19.1 Å². The van der Waals surface area contributed by atoms with Crippen LogP contribution in [-0.4, -0.2) is 46.8 Å². The zero-order valence-electron chi connectivity index (χ0n) is 13.0. The third-order valence-electron chi connectivity index (χ3n) is 2.92. The molecule has 0 aromatic carbocycles. The van der Waals surface area contributed by atoms with Crippen molar-refractivity contribution in [3.8, 4) is 0 Å². The number of hydrogen-bond donors (Lipinski definition) is 3. The summed E-state index contributed by atoms with van der Waals surface area (Å²) in [5.74, 6) is -3.06. The average Bonchev–Trinajstić information content (AvgIpc) is 2.34. The van der Waals surface area contributed by atoms with Crippen LogP contribution >= 0.6 is 0 Å². The first kappa shape index (κ1) is 19.4. The van der Waals surface area contributed by atoms with E-state index in [4.69, 9.17) is 9.84 Å². The second kappa shape index (κ2) is 9.33. The Labute approximate surface area is 124 Å². The van der Waals surface area contributed by atoms with Crippen LogP contribution in [0.5, 0.6) is 0 Å². The van der Waals surface area contributed by atoms with Gasteiger partial charge in [-0.15, -0.1) is 0 Å². The number of carbonyl (C=O) groups excluding carboxylic acids is 2. The highest BCUT2D eigenvalue weighted by atomic mass is 16.5. The number of ether oxygens (including phenoxy) is 1. The van der Waals surface area contributed by atoms with E-state index in [9.17, 15) is 19.5 Å². The number of aliphatic hydroxyl groups is 1. The summed E-state index contributed by atoms with van der Waals surface area (Å²) in [6.07, 6.45) is -1.14.